The van der Waals surface area contributed by atoms with Gasteiger partial charge in [0.25, 0.3) is 11.5 Å². The van der Waals surface area contributed by atoms with Crippen molar-refractivity contribution in [3.8, 4) is 0 Å². The molecule has 1 aliphatic rings. The van der Waals surface area contributed by atoms with Crippen molar-refractivity contribution in [3.05, 3.63) is 63.3 Å². The third kappa shape index (κ3) is 5.40. The van der Waals surface area contributed by atoms with Crippen molar-refractivity contribution in [2.75, 3.05) is 33.2 Å². The van der Waals surface area contributed by atoms with E-state index >= 15 is 0 Å². The molecule has 2 heterocycles. The molecule has 0 bridgehead atoms. The number of aromatic nitrogens is 2. The summed E-state index contributed by atoms with van der Waals surface area (Å²) in [5.74, 6) is 0.135. The molecule has 1 atom stereocenters. The molecule has 0 saturated carbocycles. The number of aromatic amines is 1. The molecular weight excluding hydrogens is 364 g/mol. The highest BCUT2D eigenvalue weighted by molar-refractivity contribution is 6.30. The number of halogens is 1. The summed E-state index contributed by atoms with van der Waals surface area (Å²) in [7, 11) is 1.75. The van der Waals surface area contributed by atoms with Crippen molar-refractivity contribution in [1.29, 1.82) is 0 Å². The van der Waals surface area contributed by atoms with E-state index in [1.54, 1.807) is 11.9 Å². The first-order valence-electron chi connectivity index (χ1n) is 9.28. The molecule has 0 spiro atoms. The van der Waals surface area contributed by atoms with Crippen molar-refractivity contribution >= 4 is 17.5 Å². The molecule has 144 valence electrons. The zero-order valence-corrected chi connectivity index (χ0v) is 16.3. The van der Waals surface area contributed by atoms with Gasteiger partial charge in [0.2, 0.25) is 0 Å². The Morgan fingerprint density at radius 1 is 1.37 bits per heavy atom. The molecule has 1 aromatic carbocycles. The van der Waals surface area contributed by atoms with Crippen LogP contribution in [0.1, 0.15) is 28.8 Å². The van der Waals surface area contributed by atoms with Gasteiger partial charge in [0.05, 0.1) is 6.33 Å². The topological polar surface area (TPSA) is 69.3 Å². The van der Waals surface area contributed by atoms with Crippen LogP contribution in [0.5, 0.6) is 0 Å². The van der Waals surface area contributed by atoms with Crippen LogP contribution in [0.3, 0.4) is 0 Å². The minimum absolute atomic E-state index is 0.0930. The molecule has 1 fully saturated rings. The first kappa shape index (κ1) is 19.6. The summed E-state index contributed by atoms with van der Waals surface area (Å²) in [6, 6.07) is 8.00. The fourth-order valence-electron chi connectivity index (χ4n) is 3.61. The Labute approximate surface area is 164 Å². The van der Waals surface area contributed by atoms with E-state index in [-0.39, 0.29) is 11.5 Å². The lowest BCUT2D eigenvalue weighted by atomic mass is 9.97. The molecular formula is C20H25ClN4O2. The standard InChI is InChI=1S/C20H25ClN4O2/c1-24(20(27)18-11-22-14-23-19(18)26)12-16-3-2-9-25(13-16)10-8-15-4-6-17(21)7-5-15/h4-7,11,14,16H,2-3,8-10,12-13H2,1H3,(H,22,23,26)/t16-/m0/s1. The van der Waals surface area contributed by atoms with E-state index < -0.39 is 5.56 Å². The van der Waals surface area contributed by atoms with Crippen molar-refractivity contribution in [2.45, 2.75) is 19.3 Å². The Morgan fingerprint density at radius 3 is 2.89 bits per heavy atom. The van der Waals surface area contributed by atoms with E-state index in [1.165, 1.54) is 18.1 Å². The van der Waals surface area contributed by atoms with E-state index in [4.69, 9.17) is 11.6 Å². The molecule has 1 saturated heterocycles. The van der Waals surface area contributed by atoms with E-state index in [2.05, 4.69) is 27.0 Å². The predicted octanol–water partition coefficient (Wildman–Crippen LogP) is 2.45. The second kappa shape index (κ2) is 9.15. The lowest BCUT2D eigenvalue weighted by molar-refractivity contribution is 0.0728. The van der Waals surface area contributed by atoms with Gasteiger partial charge in [0, 0.05) is 37.9 Å². The van der Waals surface area contributed by atoms with E-state index in [1.807, 2.05) is 12.1 Å². The normalized spacial score (nSPS) is 17.6. The van der Waals surface area contributed by atoms with Gasteiger partial charge in [-0.2, -0.15) is 0 Å². The van der Waals surface area contributed by atoms with Crippen LogP contribution in [0.15, 0.2) is 41.6 Å². The zero-order chi connectivity index (χ0) is 19.2. The quantitative estimate of drug-likeness (QED) is 0.825. The number of carbonyl (C=O) groups is 1. The average Bonchev–Trinajstić information content (AvgIpc) is 2.68. The van der Waals surface area contributed by atoms with Crippen molar-refractivity contribution in [3.63, 3.8) is 0 Å². The van der Waals surface area contributed by atoms with Gasteiger partial charge in [-0.25, -0.2) is 4.98 Å². The highest BCUT2D eigenvalue weighted by Gasteiger charge is 2.24. The summed E-state index contributed by atoms with van der Waals surface area (Å²) in [5, 5.41) is 0.761. The summed E-state index contributed by atoms with van der Waals surface area (Å²) in [6.45, 7) is 3.70. The number of benzene rings is 1. The average molecular weight is 389 g/mol. The fraction of sp³-hybridized carbons (Fsp3) is 0.450. The van der Waals surface area contributed by atoms with Gasteiger partial charge in [-0.05, 0) is 49.4 Å². The van der Waals surface area contributed by atoms with Gasteiger partial charge in [-0.1, -0.05) is 23.7 Å². The Morgan fingerprint density at radius 2 is 2.15 bits per heavy atom. The van der Waals surface area contributed by atoms with Gasteiger partial charge in [-0.15, -0.1) is 0 Å². The third-order valence-electron chi connectivity index (χ3n) is 5.06. The lowest BCUT2D eigenvalue weighted by Crippen LogP contribution is -2.43. The zero-order valence-electron chi connectivity index (χ0n) is 15.5. The maximum absolute atomic E-state index is 12.5. The second-order valence-electron chi connectivity index (χ2n) is 7.17. The number of amides is 1. The van der Waals surface area contributed by atoms with Crippen molar-refractivity contribution < 1.29 is 4.79 Å². The van der Waals surface area contributed by atoms with Crippen molar-refractivity contribution in [2.24, 2.45) is 5.92 Å². The maximum Gasteiger partial charge on any atom is 0.263 e. The molecule has 0 unspecified atom stereocenters. The molecule has 0 aliphatic carbocycles. The number of nitrogens with zero attached hydrogens (tertiary/aromatic N) is 3. The highest BCUT2D eigenvalue weighted by Crippen LogP contribution is 2.19. The number of hydrogen-bond donors (Lipinski definition) is 1. The number of piperidine rings is 1. The molecule has 1 aliphatic heterocycles. The van der Waals surface area contributed by atoms with Crippen molar-refractivity contribution in [1.82, 2.24) is 19.8 Å². The largest absolute Gasteiger partial charge is 0.341 e. The van der Waals surface area contributed by atoms with Crippen LogP contribution in [-0.2, 0) is 6.42 Å². The van der Waals surface area contributed by atoms with Gasteiger partial charge in [0.15, 0.2) is 0 Å². The molecule has 0 radical (unpaired) electrons. The Balaban J connectivity index is 1.51. The van der Waals surface area contributed by atoms with Gasteiger partial charge in [-0.3, -0.25) is 9.59 Å². The molecule has 27 heavy (non-hydrogen) atoms. The number of H-pyrrole nitrogens is 1. The van der Waals surface area contributed by atoms with Crippen LogP contribution in [0, 0.1) is 5.92 Å². The summed E-state index contributed by atoms with van der Waals surface area (Å²) < 4.78 is 0. The molecule has 3 rings (SSSR count). The van der Waals surface area contributed by atoms with E-state index in [0.29, 0.717) is 12.5 Å². The van der Waals surface area contributed by atoms with Crippen LogP contribution in [0.4, 0.5) is 0 Å². The van der Waals surface area contributed by atoms with E-state index in [0.717, 1.165) is 43.9 Å². The SMILES string of the molecule is CN(C[C@@H]1CCCN(CCc2ccc(Cl)cc2)C1)C(=O)c1cnc[nH]c1=O. The lowest BCUT2D eigenvalue weighted by Gasteiger charge is -2.34. The van der Waals surface area contributed by atoms with Gasteiger partial charge >= 0.3 is 0 Å². The molecule has 6 nitrogen and oxygen atoms in total. The number of hydrogen-bond acceptors (Lipinski definition) is 4. The minimum Gasteiger partial charge on any atom is -0.341 e. The Kier molecular flexibility index (Phi) is 6.63. The minimum atomic E-state index is -0.393. The number of nitrogens with one attached hydrogen (secondary N) is 1. The van der Waals surface area contributed by atoms with Gasteiger partial charge in [0.1, 0.15) is 5.56 Å². The Hall–Kier alpha value is -2.18. The summed E-state index contributed by atoms with van der Waals surface area (Å²) in [6.07, 6.45) is 5.83. The molecule has 7 heteroatoms. The second-order valence-corrected chi connectivity index (χ2v) is 7.60. The van der Waals surface area contributed by atoms with Crippen LogP contribution in [0.25, 0.3) is 0 Å². The van der Waals surface area contributed by atoms with Crippen LogP contribution in [0.2, 0.25) is 5.02 Å². The number of likely N-dealkylation sites (tertiary alicyclic amines) is 1. The van der Waals surface area contributed by atoms with Gasteiger partial charge < -0.3 is 14.8 Å². The Bertz CT molecular complexity index is 821. The summed E-state index contributed by atoms with van der Waals surface area (Å²) >= 11 is 5.94. The molecule has 1 N–H and O–H groups in total. The third-order valence-corrected chi connectivity index (χ3v) is 5.31. The summed E-state index contributed by atoms with van der Waals surface area (Å²) in [5.41, 5.74) is 0.982. The monoisotopic (exact) mass is 388 g/mol. The molecule has 1 amide bonds. The fourth-order valence-corrected chi connectivity index (χ4v) is 3.74. The number of carbonyl (C=O) groups excluding carboxylic acids is 1. The highest BCUT2D eigenvalue weighted by atomic mass is 35.5. The maximum atomic E-state index is 12.5. The van der Waals surface area contributed by atoms with Crippen LogP contribution in [-0.4, -0.2) is 58.9 Å². The number of rotatable bonds is 6. The first-order valence-corrected chi connectivity index (χ1v) is 9.65. The molecule has 1 aromatic heterocycles. The van der Waals surface area contributed by atoms with Crippen LogP contribution >= 0.6 is 11.6 Å². The first-order chi connectivity index (χ1) is 13.0. The van der Waals surface area contributed by atoms with E-state index in [9.17, 15) is 9.59 Å². The predicted molar refractivity (Wildman–Crippen MR) is 106 cm³/mol. The smallest absolute Gasteiger partial charge is 0.263 e. The van der Waals surface area contributed by atoms with Crippen LogP contribution < -0.4 is 5.56 Å². The summed E-state index contributed by atoms with van der Waals surface area (Å²) in [4.78, 5) is 34.7. The molecule has 2 aromatic rings.